The first-order valence-corrected chi connectivity index (χ1v) is 8.18. The Hall–Kier alpha value is -2.47. The molecule has 126 valence electrons. The molecule has 6 nitrogen and oxygen atoms in total. The maximum Gasteiger partial charge on any atom is 0.242 e. The highest BCUT2D eigenvalue weighted by atomic mass is 16.2. The molecule has 0 aliphatic carbocycles. The number of nitrogens with zero attached hydrogens (tertiary/aromatic N) is 5. The minimum Gasteiger partial charge on any atom is -0.350 e. The molecule has 6 heteroatoms. The highest BCUT2D eigenvalue weighted by Gasteiger charge is 2.21. The Morgan fingerprint density at radius 3 is 2.58 bits per heavy atom. The Morgan fingerprint density at radius 1 is 1.17 bits per heavy atom. The van der Waals surface area contributed by atoms with E-state index in [0.717, 1.165) is 43.1 Å². The van der Waals surface area contributed by atoms with Crippen molar-refractivity contribution in [3.8, 4) is 11.1 Å². The van der Waals surface area contributed by atoms with Crippen LogP contribution in [-0.2, 0) is 4.79 Å². The van der Waals surface area contributed by atoms with Crippen molar-refractivity contribution < 1.29 is 4.79 Å². The van der Waals surface area contributed by atoms with Gasteiger partial charge in [-0.05, 0) is 12.6 Å². The Balaban J connectivity index is 1.74. The molecule has 1 aromatic carbocycles. The van der Waals surface area contributed by atoms with Crippen LogP contribution in [0.15, 0.2) is 42.9 Å². The van der Waals surface area contributed by atoms with Gasteiger partial charge in [-0.2, -0.15) is 0 Å². The average molecular weight is 325 g/mol. The van der Waals surface area contributed by atoms with E-state index in [2.05, 4.69) is 21.9 Å². The lowest BCUT2D eigenvalue weighted by atomic mass is 10.1. The van der Waals surface area contributed by atoms with Crippen LogP contribution >= 0.6 is 0 Å². The fraction of sp³-hybridized carbons (Fsp3) is 0.389. The monoisotopic (exact) mass is 325 g/mol. The molecule has 0 atom stereocenters. The van der Waals surface area contributed by atoms with E-state index in [1.807, 2.05) is 47.2 Å². The molecule has 1 saturated heterocycles. The number of hydrogen-bond donors (Lipinski definition) is 0. The second-order valence-corrected chi connectivity index (χ2v) is 6.17. The first-order valence-electron chi connectivity index (χ1n) is 8.18. The smallest absolute Gasteiger partial charge is 0.242 e. The van der Waals surface area contributed by atoms with Crippen molar-refractivity contribution in [2.75, 3.05) is 51.7 Å². The van der Waals surface area contributed by atoms with Gasteiger partial charge >= 0.3 is 0 Å². The third-order valence-corrected chi connectivity index (χ3v) is 4.37. The highest BCUT2D eigenvalue weighted by Crippen LogP contribution is 2.26. The standard InChI is InChI=1S/C18H23N5O/c1-21-8-10-23(11-9-21)17(24)13-22(2)18-16(12-19-14-20-18)15-6-4-3-5-7-15/h3-7,12,14H,8-11,13H2,1-2H3. The zero-order valence-electron chi connectivity index (χ0n) is 14.2. The number of benzene rings is 1. The molecule has 1 fully saturated rings. The van der Waals surface area contributed by atoms with Crippen molar-refractivity contribution in [3.63, 3.8) is 0 Å². The zero-order chi connectivity index (χ0) is 16.9. The molecule has 0 radical (unpaired) electrons. The Morgan fingerprint density at radius 2 is 1.88 bits per heavy atom. The summed E-state index contributed by atoms with van der Waals surface area (Å²) in [7, 11) is 3.99. The molecular formula is C18H23N5O. The molecule has 24 heavy (non-hydrogen) atoms. The van der Waals surface area contributed by atoms with Gasteiger partial charge in [-0.3, -0.25) is 4.79 Å². The second kappa shape index (κ2) is 7.40. The van der Waals surface area contributed by atoms with Gasteiger partial charge in [0.25, 0.3) is 0 Å². The lowest BCUT2D eigenvalue weighted by molar-refractivity contribution is -0.131. The van der Waals surface area contributed by atoms with Crippen molar-refractivity contribution in [3.05, 3.63) is 42.9 Å². The molecule has 1 aliphatic heterocycles. The first kappa shape index (κ1) is 16.4. The van der Waals surface area contributed by atoms with Crippen LogP contribution in [0.1, 0.15) is 0 Å². The number of amides is 1. The van der Waals surface area contributed by atoms with E-state index in [1.54, 1.807) is 6.20 Å². The predicted octanol–water partition coefficient (Wildman–Crippen LogP) is 1.35. The van der Waals surface area contributed by atoms with E-state index < -0.39 is 0 Å². The van der Waals surface area contributed by atoms with Gasteiger partial charge in [0.2, 0.25) is 5.91 Å². The summed E-state index contributed by atoms with van der Waals surface area (Å²) in [6.45, 7) is 3.76. The maximum atomic E-state index is 12.6. The summed E-state index contributed by atoms with van der Waals surface area (Å²) in [6, 6.07) is 10.0. The number of anilines is 1. The van der Waals surface area contributed by atoms with Crippen LogP contribution in [0, 0.1) is 0 Å². The third kappa shape index (κ3) is 3.71. The highest BCUT2D eigenvalue weighted by molar-refractivity contribution is 5.83. The van der Waals surface area contributed by atoms with Gasteiger partial charge in [0.05, 0.1) is 6.54 Å². The number of aromatic nitrogens is 2. The van der Waals surface area contributed by atoms with Crippen LogP contribution in [0.2, 0.25) is 0 Å². The second-order valence-electron chi connectivity index (χ2n) is 6.17. The first-order chi connectivity index (χ1) is 11.6. The van der Waals surface area contributed by atoms with Crippen molar-refractivity contribution in [1.29, 1.82) is 0 Å². The number of carbonyl (C=O) groups excluding carboxylic acids is 1. The summed E-state index contributed by atoms with van der Waals surface area (Å²) >= 11 is 0. The summed E-state index contributed by atoms with van der Waals surface area (Å²) in [6.07, 6.45) is 3.33. The molecule has 3 rings (SSSR count). The fourth-order valence-corrected chi connectivity index (χ4v) is 2.88. The Kier molecular flexibility index (Phi) is 5.05. The number of rotatable bonds is 4. The van der Waals surface area contributed by atoms with E-state index in [1.165, 1.54) is 6.33 Å². The van der Waals surface area contributed by atoms with Gasteiger partial charge < -0.3 is 14.7 Å². The lowest BCUT2D eigenvalue weighted by Gasteiger charge is -2.33. The van der Waals surface area contributed by atoms with E-state index >= 15 is 0 Å². The van der Waals surface area contributed by atoms with E-state index in [9.17, 15) is 4.79 Å². The summed E-state index contributed by atoms with van der Waals surface area (Å²) in [5, 5.41) is 0. The van der Waals surface area contributed by atoms with Gasteiger partial charge in [0.15, 0.2) is 0 Å². The molecule has 0 unspecified atom stereocenters. The quantitative estimate of drug-likeness (QED) is 0.849. The molecule has 1 amide bonds. The Bertz CT molecular complexity index is 683. The third-order valence-electron chi connectivity index (χ3n) is 4.37. The van der Waals surface area contributed by atoms with Crippen molar-refractivity contribution >= 4 is 11.7 Å². The van der Waals surface area contributed by atoms with Crippen molar-refractivity contribution in [1.82, 2.24) is 19.8 Å². The topological polar surface area (TPSA) is 52.6 Å². The van der Waals surface area contributed by atoms with Gasteiger partial charge in [0, 0.05) is 45.0 Å². The van der Waals surface area contributed by atoms with E-state index in [4.69, 9.17) is 0 Å². The number of likely N-dealkylation sites (N-methyl/N-ethyl adjacent to an activating group) is 2. The molecule has 0 N–H and O–H groups in total. The van der Waals surface area contributed by atoms with Crippen LogP contribution in [-0.4, -0.2) is 72.5 Å². The van der Waals surface area contributed by atoms with Crippen molar-refractivity contribution in [2.24, 2.45) is 0 Å². The van der Waals surface area contributed by atoms with E-state index in [0.29, 0.717) is 6.54 Å². The lowest BCUT2D eigenvalue weighted by Crippen LogP contribution is -2.49. The van der Waals surface area contributed by atoms with Crippen molar-refractivity contribution in [2.45, 2.75) is 0 Å². The maximum absolute atomic E-state index is 12.6. The summed E-state index contributed by atoms with van der Waals surface area (Å²) in [5.41, 5.74) is 1.98. The largest absolute Gasteiger partial charge is 0.350 e. The zero-order valence-corrected chi connectivity index (χ0v) is 14.2. The van der Waals surface area contributed by atoms with Crippen LogP contribution < -0.4 is 4.90 Å². The van der Waals surface area contributed by atoms with Crippen LogP contribution in [0.4, 0.5) is 5.82 Å². The number of carbonyl (C=O) groups is 1. The molecule has 1 aliphatic rings. The van der Waals surface area contributed by atoms with Gasteiger partial charge in [-0.25, -0.2) is 9.97 Å². The summed E-state index contributed by atoms with van der Waals surface area (Å²) < 4.78 is 0. The minimum absolute atomic E-state index is 0.142. The van der Waals surface area contributed by atoms with Gasteiger partial charge in [0.1, 0.15) is 12.1 Å². The molecule has 2 aromatic rings. The van der Waals surface area contributed by atoms with Crippen LogP contribution in [0.3, 0.4) is 0 Å². The minimum atomic E-state index is 0.142. The van der Waals surface area contributed by atoms with Gasteiger partial charge in [-0.15, -0.1) is 0 Å². The average Bonchev–Trinajstić information content (AvgIpc) is 2.63. The molecule has 1 aromatic heterocycles. The molecule has 0 saturated carbocycles. The number of piperazine rings is 1. The number of hydrogen-bond acceptors (Lipinski definition) is 5. The predicted molar refractivity (Wildman–Crippen MR) is 94.8 cm³/mol. The molecular weight excluding hydrogens is 302 g/mol. The normalized spacial score (nSPS) is 15.3. The Labute approximate surface area is 142 Å². The van der Waals surface area contributed by atoms with E-state index in [-0.39, 0.29) is 5.91 Å². The molecule has 2 heterocycles. The summed E-state index contributed by atoms with van der Waals surface area (Å²) in [5.74, 6) is 0.918. The van der Waals surface area contributed by atoms with Crippen LogP contribution in [0.25, 0.3) is 11.1 Å². The van der Waals surface area contributed by atoms with Gasteiger partial charge in [-0.1, -0.05) is 30.3 Å². The SMILES string of the molecule is CN1CCN(C(=O)CN(C)c2ncncc2-c2ccccc2)CC1. The molecule has 0 spiro atoms. The summed E-state index contributed by atoms with van der Waals surface area (Å²) in [4.78, 5) is 27.2. The fourth-order valence-electron chi connectivity index (χ4n) is 2.88. The molecule has 0 bridgehead atoms. The van der Waals surface area contributed by atoms with Crippen LogP contribution in [0.5, 0.6) is 0 Å².